The average molecular weight is 304 g/mol. The molecule has 22 heavy (non-hydrogen) atoms. The molecule has 7 heteroatoms. The van der Waals surface area contributed by atoms with Crippen LogP contribution in [0.25, 0.3) is 0 Å². The van der Waals surface area contributed by atoms with E-state index in [2.05, 4.69) is 10.6 Å². The Morgan fingerprint density at radius 3 is 2.36 bits per heavy atom. The lowest BCUT2D eigenvalue weighted by Crippen LogP contribution is -2.50. The summed E-state index contributed by atoms with van der Waals surface area (Å²) in [5, 5.41) is 14.2. The van der Waals surface area contributed by atoms with Crippen molar-refractivity contribution in [3.8, 4) is 0 Å². The van der Waals surface area contributed by atoms with Gasteiger partial charge in [0.2, 0.25) is 5.91 Å². The average Bonchev–Trinajstić information content (AvgIpc) is 2.42. The molecule has 3 N–H and O–H groups in total. The van der Waals surface area contributed by atoms with Gasteiger partial charge in [-0.2, -0.15) is 0 Å². The molecule has 0 bridgehead atoms. The molecule has 6 nitrogen and oxygen atoms in total. The number of hydrogen-bond donors (Lipinski definition) is 3. The van der Waals surface area contributed by atoms with E-state index < -0.39 is 30.3 Å². The summed E-state index contributed by atoms with van der Waals surface area (Å²) in [6.07, 6.45) is -0.755. The zero-order chi connectivity index (χ0) is 16.8. The molecule has 0 saturated carbocycles. The summed E-state index contributed by atoms with van der Waals surface area (Å²) in [6, 6.07) is 5.95. The highest BCUT2D eigenvalue weighted by Gasteiger charge is 2.23. The maximum absolute atomic E-state index is 11.9. The molecule has 0 heterocycles. The van der Waals surface area contributed by atoms with Crippen molar-refractivity contribution in [3.05, 3.63) is 29.8 Å². The summed E-state index contributed by atoms with van der Waals surface area (Å²) in [5.74, 6) is -0.495. The molecule has 2 amide bonds. The van der Waals surface area contributed by atoms with E-state index in [0.29, 0.717) is 5.46 Å². The molecular formula is C15H21BN2O4. The molecule has 1 aromatic rings. The van der Waals surface area contributed by atoms with E-state index >= 15 is 0 Å². The first-order valence-electron chi connectivity index (χ1n) is 6.94. The Balaban J connectivity index is 2.50. The molecule has 0 aliphatic heterocycles. The Hall–Kier alpha value is -2.02. The van der Waals surface area contributed by atoms with Gasteiger partial charge in [0, 0.05) is 6.54 Å². The van der Waals surface area contributed by atoms with Crippen LogP contribution in [0.15, 0.2) is 24.3 Å². The maximum atomic E-state index is 11.9. The normalized spacial score (nSPS) is 12.4. The topological polar surface area (TPSA) is 87.7 Å². The lowest BCUT2D eigenvalue weighted by molar-refractivity contribution is -0.124. The number of amides is 2. The predicted molar refractivity (Wildman–Crippen MR) is 83.9 cm³/mol. The summed E-state index contributed by atoms with van der Waals surface area (Å²) >= 11 is 0. The van der Waals surface area contributed by atoms with Gasteiger partial charge in [-0.1, -0.05) is 29.7 Å². The minimum atomic E-state index is -1.07. The first kappa shape index (κ1) is 18.0. The highest BCUT2D eigenvalue weighted by atomic mass is 16.6. The summed E-state index contributed by atoms with van der Waals surface area (Å²) in [7, 11) is 5.58. The van der Waals surface area contributed by atoms with E-state index in [0.717, 1.165) is 5.56 Å². The summed E-state index contributed by atoms with van der Waals surface area (Å²) in [6.45, 7) is 4.88. The smallest absolute Gasteiger partial charge is 0.408 e. The van der Waals surface area contributed by atoms with Gasteiger partial charge in [-0.3, -0.25) is 4.79 Å². The first-order valence-corrected chi connectivity index (χ1v) is 6.94. The molecule has 0 aromatic heterocycles. The number of aliphatic hydroxyl groups excluding tert-OH is 1. The lowest BCUT2D eigenvalue weighted by atomic mass is 9.95. The molecule has 0 fully saturated rings. The molecule has 0 saturated heterocycles. The van der Waals surface area contributed by atoms with Gasteiger partial charge in [0.15, 0.2) is 0 Å². The summed E-state index contributed by atoms with van der Waals surface area (Å²) < 4.78 is 5.04. The molecule has 2 radical (unpaired) electrons. The van der Waals surface area contributed by atoms with Crippen molar-refractivity contribution in [2.75, 3.05) is 6.61 Å². The number of ether oxygens (including phenoxy) is 1. The number of rotatable bonds is 5. The minimum Gasteiger partial charge on any atom is -0.444 e. The standard InChI is InChI=1S/C15H21BN2O4/c1-15(2,3)22-14(21)18-12(9-19)13(20)17-8-10-4-6-11(16)7-5-10/h4-7,12,19H,8-9H2,1-3H3,(H,17,20)(H,18,21). The second-order valence-corrected chi connectivity index (χ2v) is 5.84. The Bertz CT molecular complexity index is 511. The van der Waals surface area contributed by atoms with E-state index in [9.17, 15) is 14.7 Å². The van der Waals surface area contributed by atoms with Crippen LogP contribution in [0.1, 0.15) is 26.3 Å². The molecular weight excluding hydrogens is 283 g/mol. The van der Waals surface area contributed by atoms with Crippen molar-refractivity contribution in [3.63, 3.8) is 0 Å². The molecule has 0 aliphatic rings. The second kappa shape index (κ2) is 7.84. The Morgan fingerprint density at radius 1 is 1.27 bits per heavy atom. The number of benzene rings is 1. The van der Waals surface area contributed by atoms with Crippen LogP contribution in [-0.4, -0.2) is 43.2 Å². The van der Waals surface area contributed by atoms with Crippen molar-refractivity contribution in [1.82, 2.24) is 10.6 Å². The van der Waals surface area contributed by atoms with E-state index in [4.69, 9.17) is 12.6 Å². The zero-order valence-electron chi connectivity index (χ0n) is 13.1. The van der Waals surface area contributed by atoms with Crippen LogP contribution >= 0.6 is 0 Å². The van der Waals surface area contributed by atoms with Crippen LogP contribution in [0.3, 0.4) is 0 Å². The molecule has 118 valence electrons. The largest absolute Gasteiger partial charge is 0.444 e. The van der Waals surface area contributed by atoms with Gasteiger partial charge >= 0.3 is 6.09 Å². The number of carbonyl (C=O) groups is 2. The molecule has 1 aromatic carbocycles. The van der Waals surface area contributed by atoms with Gasteiger partial charge < -0.3 is 20.5 Å². The minimum absolute atomic E-state index is 0.269. The summed E-state index contributed by atoms with van der Waals surface area (Å²) in [5.41, 5.74) is 0.816. The van der Waals surface area contributed by atoms with Crippen molar-refractivity contribution in [2.24, 2.45) is 0 Å². The third-order valence-electron chi connectivity index (χ3n) is 2.64. The van der Waals surface area contributed by atoms with Gasteiger partial charge in [-0.05, 0) is 26.3 Å². The highest BCUT2D eigenvalue weighted by molar-refractivity contribution is 6.32. The third kappa shape index (κ3) is 6.63. The SMILES string of the molecule is [B]c1ccc(CNC(=O)C(CO)NC(=O)OC(C)(C)C)cc1. The molecule has 0 spiro atoms. The van der Waals surface area contributed by atoms with Crippen LogP contribution in [0.4, 0.5) is 4.79 Å². The van der Waals surface area contributed by atoms with Crippen molar-refractivity contribution >= 4 is 25.3 Å². The maximum Gasteiger partial charge on any atom is 0.408 e. The van der Waals surface area contributed by atoms with E-state index in [1.165, 1.54) is 0 Å². The van der Waals surface area contributed by atoms with E-state index in [-0.39, 0.29) is 6.54 Å². The molecule has 1 unspecified atom stereocenters. The fraction of sp³-hybridized carbons (Fsp3) is 0.467. The Kier molecular flexibility index (Phi) is 6.43. The van der Waals surface area contributed by atoms with Gasteiger partial charge in [-0.15, -0.1) is 0 Å². The molecule has 0 aliphatic carbocycles. The van der Waals surface area contributed by atoms with Gasteiger partial charge in [-0.25, -0.2) is 4.79 Å². The Labute approximate surface area is 131 Å². The number of carbonyl (C=O) groups excluding carboxylic acids is 2. The third-order valence-corrected chi connectivity index (χ3v) is 2.64. The van der Waals surface area contributed by atoms with Gasteiger partial charge in [0.05, 0.1) is 6.61 Å². The number of alkyl carbamates (subject to hydrolysis) is 1. The van der Waals surface area contributed by atoms with E-state index in [1.54, 1.807) is 45.0 Å². The van der Waals surface area contributed by atoms with Crippen LogP contribution in [0.5, 0.6) is 0 Å². The van der Waals surface area contributed by atoms with Crippen molar-refractivity contribution < 1.29 is 19.4 Å². The molecule has 1 rings (SSSR count). The van der Waals surface area contributed by atoms with E-state index in [1.807, 2.05) is 0 Å². The van der Waals surface area contributed by atoms with Crippen LogP contribution in [0, 0.1) is 0 Å². The zero-order valence-corrected chi connectivity index (χ0v) is 13.1. The highest BCUT2D eigenvalue weighted by Crippen LogP contribution is 2.06. The van der Waals surface area contributed by atoms with Crippen LogP contribution in [0.2, 0.25) is 0 Å². The number of aliphatic hydroxyl groups is 1. The quantitative estimate of drug-likeness (QED) is 0.667. The van der Waals surface area contributed by atoms with Crippen LogP contribution in [-0.2, 0) is 16.1 Å². The first-order chi connectivity index (χ1) is 10.2. The predicted octanol–water partition coefficient (Wildman–Crippen LogP) is -0.0178. The summed E-state index contributed by atoms with van der Waals surface area (Å²) in [4.78, 5) is 23.6. The van der Waals surface area contributed by atoms with Gasteiger partial charge in [0.1, 0.15) is 19.5 Å². The molecule has 1 atom stereocenters. The van der Waals surface area contributed by atoms with Crippen molar-refractivity contribution in [1.29, 1.82) is 0 Å². The Morgan fingerprint density at radius 2 is 1.86 bits per heavy atom. The van der Waals surface area contributed by atoms with Gasteiger partial charge in [0.25, 0.3) is 0 Å². The van der Waals surface area contributed by atoms with Crippen molar-refractivity contribution in [2.45, 2.75) is 39.0 Å². The lowest BCUT2D eigenvalue weighted by Gasteiger charge is -2.22. The fourth-order valence-electron chi connectivity index (χ4n) is 1.59. The number of hydrogen-bond acceptors (Lipinski definition) is 4. The second-order valence-electron chi connectivity index (χ2n) is 5.84. The number of nitrogens with one attached hydrogen (secondary N) is 2. The van der Waals surface area contributed by atoms with Crippen LogP contribution < -0.4 is 16.1 Å². The fourth-order valence-corrected chi connectivity index (χ4v) is 1.59. The monoisotopic (exact) mass is 304 g/mol.